The summed E-state index contributed by atoms with van der Waals surface area (Å²) in [6.45, 7) is 5.01. The number of piperidine rings is 1. The summed E-state index contributed by atoms with van der Waals surface area (Å²) in [7, 11) is 0. The first-order valence-electron chi connectivity index (χ1n) is 9.92. The average Bonchev–Trinajstić information content (AvgIpc) is 2.99. The van der Waals surface area contributed by atoms with Gasteiger partial charge in [-0.2, -0.15) is 0 Å². The number of benzene rings is 2. The minimum atomic E-state index is 0.253. The van der Waals surface area contributed by atoms with Crippen LogP contribution in [0.2, 0.25) is 5.02 Å². The largest absolute Gasteiger partial charge is 0.494 e. The highest BCUT2D eigenvalue weighted by Crippen LogP contribution is 2.36. The Morgan fingerprint density at radius 3 is 2.48 bits per heavy atom. The van der Waals surface area contributed by atoms with Crippen molar-refractivity contribution < 1.29 is 5.11 Å². The number of hydrogen-bond donors (Lipinski definition) is 2. The number of nitrogens with one attached hydrogen (secondary N) is 1. The van der Waals surface area contributed by atoms with Crippen LogP contribution in [0, 0.1) is 5.92 Å². The van der Waals surface area contributed by atoms with Crippen molar-refractivity contribution in [3.63, 3.8) is 0 Å². The van der Waals surface area contributed by atoms with Gasteiger partial charge in [0.05, 0.1) is 17.0 Å². The fraction of sp³-hybridized carbons (Fsp3) is 0.391. The molecule has 3 aromatic rings. The lowest BCUT2D eigenvalue weighted by molar-refractivity contribution is 0.373. The third-order valence-electron chi connectivity index (χ3n) is 5.74. The van der Waals surface area contributed by atoms with E-state index in [2.05, 4.69) is 42.6 Å². The number of aromatic hydroxyl groups is 1. The van der Waals surface area contributed by atoms with E-state index in [4.69, 9.17) is 11.6 Å². The highest BCUT2D eigenvalue weighted by Gasteiger charge is 2.17. The molecule has 0 saturated carbocycles. The summed E-state index contributed by atoms with van der Waals surface area (Å²) < 4.78 is 1.89. The molecule has 0 spiro atoms. The molecule has 0 unspecified atom stereocenters. The van der Waals surface area contributed by atoms with Crippen LogP contribution in [0.4, 0.5) is 0 Å². The SMILES string of the molecule is CCc1ccc(Cn2cc3cc(CC4CCNCC4)cc(Cl)c3c2O)cc1. The lowest BCUT2D eigenvalue weighted by Gasteiger charge is -2.22. The molecular formula is C23H27ClN2O. The van der Waals surface area contributed by atoms with E-state index in [1.807, 2.05) is 16.8 Å². The van der Waals surface area contributed by atoms with Gasteiger partial charge in [-0.1, -0.05) is 42.8 Å². The van der Waals surface area contributed by atoms with E-state index in [9.17, 15) is 5.11 Å². The predicted molar refractivity (Wildman–Crippen MR) is 113 cm³/mol. The molecule has 1 aliphatic rings. The molecule has 2 aromatic carbocycles. The number of aromatic nitrogens is 1. The summed E-state index contributed by atoms with van der Waals surface area (Å²) in [5.41, 5.74) is 3.77. The van der Waals surface area contributed by atoms with Crippen LogP contribution in [-0.2, 0) is 19.4 Å². The number of fused-ring (bicyclic) bond motifs is 1. The first-order chi connectivity index (χ1) is 13.1. The first kappa shape index (κ1) is 18.4. The molecule has 0 bridgehead atoms. The van der Waals surface area contributed by atoms with Crippen LogP contribution < -0.4 is 5.32 Å². The Balaban J connectivity index is 1.60. The summed E-state index contributed by atoms with van der Waals surface area (Å²) in [4.78, 5) is 0. The Bertz CT molecular complexity index is 924. The fourth-order valence-corrected chi connectivity index (χ4v) is 4.47. The van der Waals surface area contributed by atoms with E-state index >= 15 is 0 Å². The molecule has 4 heteroatoms. The van der Waals surface area contributed by atoms with Crippen LogP contribution in [0.5, 0.6) is 5.88 Å². The molecule has 0 radical (unpaired) electrons. The maximum Gasteiger partial charge on any atom is 0.200 e. The molecule has 2 N–H and O–H groups in total. The van der Waals surface area contributed by atoms with Crippen LogP contribution >= 0.6 is 11.6 Å². The molecule has 142 valence electrons. The van der Waals surface area contributed by atoms with Gasteiger partial charge in [0.15, 0.2) is 0 Å². The van der Waals surface area contributed by atoms with Crippen LogP contribution in [0.15, 0.2) is 42.6 Å². The highest BCUT2D eigenvalue weighted by molar-refractivity contribution is 6.36. The topological polar surface area (TPSA) is 37.2 Å². The maximum absolute atomic E-state index is 10.7. The average molecular weight is 383 g/mol. The second kappa shape index (κ2) is 7.95. The Labute approximate surface area is 166 Å². The van der Waals surface area contributed by atoms with Crippen LogP contribution in [0.3, 0.4) is 0 Å². The van der Waals surface area contributed by atoms with Gasteiger partial charge in [-0.05, 0) is 73.5 Å². The normalized spacial score (nSPS) is 15.5. The Morgan fingerprint density at radius 1 is 1.07 bits per heavy atom. The van der Waals surface area contributed by atoms with E-state index in [-0.39, 0.29) is 5.88 Å². The molecule has 1 aromatic heterocycles. The van der Waals surface area contributed by atoms with Gasteiger partial charge in [0.1, 0.15) is 0 Å². The van der Waals surface area contributed by atoms with Gasteiger partial charge in [-0.15, -0.1) is 0 Å². The molecule has 1 fully saturated rings. The van der Waals surface area contributed by atoms with Gasteiger partial charge in [-0.3, -0.25) is 0 Å². The van der Waals surface area contributed by atoms with Crippen molar-refractivity contribution in [2.45, 2.75) is 39.2 Å². The fourth-order valence-electron chi connectivity index (χ4n) is 4.13. The van der Waals surface area contributed by atoms with E-state index < -0.39 is 0 Å². The number of hydrogen-bond acceptors (Lipinski definition) is 2. The monoisotopic (exact) mass is 382 g/mol. The van der Waals surface area contributed by atoms with Crippen LogP contribution in [0.1, 0.15) is 36.5 Å². The first-order valence-corrected chi connectivity index (χ1v) is 10.3. The molecular weight excluding hydrogens is 356 g/mol. The molecule has 1 aliphatic heterocycles. The van der Waals surface area contributed by atoms with Crippen LogP contribution in [-0.4, -0.2) is 22.8 Å². The van der Waals surface area contributed by atoms with E-state index in [1.165, 1.54) is 29.5 Å². The third kappa shape index (κ3) is 3.99. The van der Waals surface area contributed by atoms with Crippen molar-refractivity contribution in [1.82, 2.24) is 9.88 Å². The molecule has 0 amide bonds. The molecule has 27 heavy (non-hydrogen) atoms. The Morgan fingerprint density at radius 2 is 1.78 bits per heavy atom. The molecule has 0 atom stereocenters. The predicted octanol–water partition coefficient (Wildman–Crippen LogP) is 5.15. The van der Waals surface area contributed by atoms with Crippen molar-refractivity contribution in [2.24, 2.45) is 5.92 Å². The number of aryl methyl sites for hydroxylation is 1. The molecule has 3 nitrogen and oxygen atoms in total. The van der Waals surface area contributed by atoms with Crippen LogP contribution in [0.25, 0.3) is 10.8 Å². The van der Waals surface area contributed by atoms with Crippen molar-refractivity contribution in [3.8, 4) is 5.88 Å². The van der Waals surface area contributed by atoms with Gasteiger partial charge >= 0.3 is 0 Å². The van der Waals surface area contributed by atoms with Gasteiger partial charge in [0.25, 0.3) is 0 Å². The third-order valence-corrected chi connectivity index (χ3v) is 6.04. The smallest absolute Gasteiger partial charge is 0.200 e. The second-order valence-corrected chi connectivity index (χ2v) is 8.10. The number of rotatable bonds is 5. The molecule has 2 heterocycles. The highest BCUT2D eigenvalue weighted by atomic mass is 35.5. The van der Waals surface area contributed by atoms with Gasteiger partial charge in [-0.25, -0.2) is 0 Å². The number of halogens is 1. The van der Waals surface area contributed by atoms with Crippen molar-refractivity contribution in [2.75, 3.05) is 13.1 Å². The second-order valence-electron chi connectivity index (χ2n) is 7.69. The summed E-state index contributed by atoms with van der Waals surface area (Å²) in [5, 5.41) is 16.6. The summed E-state index contributed by atoms with van der Waals surface area (Å²) >= 11 is 6.56. The van der Waals surface area contributed by atoms with Gasteiger partial charge < -0.3 is 15.0 Å². The zero-order valence-corrected chi connectivity index (χ0v) is 16.6. The quantitative estimate of drug-likeness (QED) is 0.640. The minimum Gasteiger partial charge on any atom is -0.494 e. The molecule has 0 aliphatic carbocycles. The Hall–Kier alpha value is -1.97. The van der Waals surface area contributed by atoms with E-state index in [1.54, 1.807) is 0 Å². The van der Waals surface area contributed by atoms with Gasteiger partial charge in [0, 0.05) is 11.6 Å². The van der Waals surface area contributed by atoms with E-state index in [0.717, 1.165) is 36.7 Å². The van der Waals surface area contributed by atoms with Crippen molar-refractivity contribution >= 4 is 22.4 Å². The maximum atomic E-state index is 10.7. The van der Waals surface area contributed by atoms with Crippen molar-refractivity contribution in [1.29, 1.82) is 0 Å². The molecule has 1 saturated heterocycles. The summed E-state index contributed by atoms with van der Waals surface area (Å²) in [5.74, 6) is 0.968. The summed E-state index contributed by atoms with van der Waals surface area (Å²) in [6, 6.07) is 12.8. The van der Waals surface area contributed by atoms with Gasteiger partial charge in [0.2, 0.25) is 5.88 Å². The lowest BCUT2D eigenvalue weighted by Crippen LogP contribution is -2.28. The zero-order chi connectivity index (χ0) is 18.8. The standard InChI is InChI=1S/C23H27ClN2O/c1-2-16-3-5-18(6-4-16)14-26-15-20-12-19(11-17-7-9-25-10-8-17)13-21(24)22(20)23(26)27/h3-6,12-13,15,17,25,27H,2,7-11,14H2,1H3. The lowest BCUT2D eigenvalue weighted by atomic mass is 9.90. The van der Waals surface area contributed by atoms with Crippen molar-refractivity contribution in [3.05, 3.63) is 64.3 Å². The minimum absolute atomic E-state index is 0.253. The van der Waals surface area contributed by atoms with E-state index in [0.29, 0.717) is 17.5 Å². The summed E-state index contributed by atoms with van der Waals surface area (Å²) in [6.07, 6.45) is 6.55. The molecule has 4 rings (SSSR count). The number of nitrogens with zero attached hydrogens (tertiary/aromatic N) is 1. The Kier molecular flexibility index (Phi) is 5.42. The zero-order valence-electron chi connectivity index (χ0n) is 15.8.